The molecule has 4 unspecified atom stereocenters. The van der Waals surface area contributed by atoms with E-state index < -0.39 is 8.24 Å². The Labute approximate surface area is 163 Å². The van der Waals surface area contributed by atoms with Gasteiger partial charge in [-0.25, -0.2) is 0 Å². The molecule has 22 heavy (non-hydrogen) atoms. The van der Waals surface area contributed by atoms with E-state index in [0.717, 1.165) is 27.9 Å². The van der Waals surface area contributed by atoms with Gasteiger partial charge in [0.05, 0.1) is 0 Å². The van der Waals surface area contributed by atoms with Crippen LogP contribution in [0, 0.1) is 34.1 Å². The van der Waals surface area contributed by atoms with E-state index in [4.69, 9.17) is 4.98 Å². The number of hydrogen-bond acceptors (Lipinski definition) is 2. The first kappa shape index (κ1) is 25.3. The molecule has 0 aromatic heterocycles. The summed E-state index contributed by atoms with van der Waals surface area (Å²) in [4.78, 5) is 7.92. The first-order valence-electron chi connectivity index (χ1n) is 6.75. The van der Waals surface area contributed by atoms with Gasteiger partial charge in [0.2, 0.25) is 0 Å². The van der Waals surface area contributed by atoms with Gasteiger partial charge in [-0.05, 0) is 41.0 Å². The van der Waals surface area contributed by atoms with Crippen molar-refractivity contribution < 1.29 is 21.7 Å². The topological polar surface area (TPSA) is 14.1 Å². The van der Waals surface area contributed by atoms with Crippen molar-refractivity contribution in [3.63, 3.8) is 0 Å². The largest absolute Gasteiger partial charge is 4.00 e. The second-order valence-corrected chi connectivity index (χ2v) is 13.5. The van der Waals surface area contributed by atoms with E-state index >= 15 is 0 Å². The van der Waals surface area contributed by atoms with Crippen LogP contribution in [0.1, 0.15) is 13.8 Å². The average molecular weight is 390 g/mol. The molecule has 0 aromatic carbocycles. The quantitative estimate of drug-likeness (QED) is 0.412. The van der Waals surface area contributed by atoms with Crippen molar-refractivity contribution in [2.45, 2.75) is 43.0 Å². The third kappa shape index (κ3) is 4.00. The predicted molar refractivity (Wildman–Crippen MR) is 107 cm³/mol. The summed E-state index contributed by atoms with van der Waals surface area (Å²) in [7, 11) is 0.592. The van der Waals surface area contributed by atoms with Crippen LogP contribution in [-0.2, 0) is 21.7 Å². The standard InChI is InChI=1S/C14H22NS2Si.3CH3.Ti/c1-8-6-10-11-7-9(2)17-13(11)14(12(10)16-8)18(4,5)15-3;;;;/h6-7,10-14H,1-5H3;3*1H3;/q4*-1;+4. The number of hydrogen-bond donors (Lipinski definition) is 0. The minimum Gasteiger partial charge on any atom is -0.667 e. The van der Waals surface area contributed by atoms with Crippen molar-refractivity contribution in [1.82, 2.24) is 0 Å². The van der Waals surface area contributed by atoms with E-state index in [1.807, 2.05) is 7.05 Å². The predicted octanol–water partition coefficient (Wildman–Crippen LogP) is 6.20. The second kappa shape index (κ2) is 8.96. The molecular weight excluding hydrogens is 358 g/mol. The molecule has 0 spiro atoms. The molecule has 1 saturated carbocycles. The number of nitrogens with zero attached hydrogens (tertiary/aromatic N) is 1. The fourth-order valence-corrected chi connectivity index (χ4v) is 11.5. The maximum Gasteiger partial charge on any atom is 4.00 e. The molecule has 0 aromatic rings. The van der Waals surface area contributed by atoms with Crippen LogP contribution in [-0.4, -0.2) is 25.8 Å². The van der Waals surface area contributed by atoms with Gasteiger partial charge in [0.1, 0.15) is 0 Å². The first-order chi connectivity index (χ1) is 8.44. The van der Waals surface area contributed by atoms with Crippen molar-refractivity contribution in [2.75, 3.05) is 7.05 Å². The maximum atomic E-state index is 4.84. The summed E-state index contributed by atoms with van der Waals surface area (Å²) in [5.74, 6) is 1.56. The molecule has 1 fully saturated rings. The summed E-state index contributed by atoms with van der Waals surface area (Å²) in [5, 5.41) is 1.62. The van der Waals surface area contributed by atoms with Gasteiger partial charge in [0.15, 0.2) is 0 Å². The molecule has 5 heteroatoms. The van der Waals surface area contributed by atoms with Crippen molar-refractivity contribution in [1.29, 1.82) is 0 Å². The Bertz CT molecular complexity index is 404. The molecule has 1 aliphatic carbocycles. The molecular formula is C17H31NS2SiTi. The zero-order chi connectivity index (χ0) is 13.1. The Morgan fingerprint density at radius 1 is 0.909 bits per heavy atom. The van der Waals surface area contributed by atoms with Crippen molar-refractivity contribution in [3.8, 4) is 0 Å². The second-order valence-electron chi connectivity index (χ2n) is 6.28. The fourth-order valence-electron chi connectivity index (χ4n) is 3.82. The van der Waals surface area contributed by atoms with E-state index in [1.165, 1.54) is 9.81 Å². The SMILES string of the molecule is C[N-][Si](C)(C)C1C2SC(C)=CC2C2C=C(C)SC21.[CH3-].[CH3-].[CH3-].[Ti+4]. The summed E-state index contributed by atoms with van der Waals surface area (Å²) in [6.07, 6.45) is 5.09. The molecule has 0 amide bonds. The van der Waals surface area contributed by atoms with Crippen LogP contribution in [0.15, 0.2) is 22.0 Å². The Morgan fingerprint density at radius 3 is 1.59 bits per heavy atom. The molecule has 0 saturated heterocycles. The van der Waals surface area contributed by atoms with Crippen molar-refractivity contribution in [2.24, 2.45) is 11.8 Å². The van der Waals surface area contributed by atoms with Crippen LogP contribution < -0.4 is 0 Å². The Balaban J connectivity index is 0. The first-order valence-corrected chi connectivity index (χ1v) is 11.5. The van der Waals surface area contributed by atoms with Crippen LogP contribution in [0.2, 0.25) is 18.6 Å². The number of fused-ring (bicyclic) bond motifs is 3. The number of allylic oxidation sites excluding steroid dienone is 4. The van der Waals surface area contributed by atoms with Gasteiger partial charge in [-0.15, -0.1) is 23.5 Å². The molecule has 3 rings (SSSR count). The van der Waals surface area contributed by atoms with Crippen LogP contribution >= 0.6 is 23.5 Å². The van der Waals surface area contributed by atoms with Gasteiger partial charge < -0.3 is 27.3 Å². The third-order valence-electron chi connectivity index (χ3n) is 4.80. The Morgan fingerprint density at radius 2 is 1.27 bits per heavy atom. The fraction of sp³-hybridized carbons (Fsp3) is 0.588. The van der Waals surface area contributed by atoms with Crippen LogP contribution in [0.5, 0.6) is 0 Å². The summed E-state index contributed by atoms with van der Waals surface area (Å²) in [6, 6.07) is 0. The maximum absolute atomic E-state index is 4.84. The van der Waals surface area contributed by atoms with Gasteiger partial charge in [-0.1, -0.05) is 33.5 Å². The molecule has 4 atom stereocenters. The monoisotopic (exact) mass is 389 g/mol. The van der Waals surface area contributed by atoms with Gasteiger partial charge in [-0.3, -0.25) is 0 Å². The minimum atomic E-state index is -1.46. The van der Waals surface area contributed by atoms with Crippen LogP contribution in [0.3, 0.4) is 0 Å². The molecule has 0 bridgehead atoms. The normalized spacial score (nSPS) is 34.9. The van der Waals surface area contributed by atoms with Crippen LogP contribution in [0.4, 0.5) is 0 Å². The minimum absolute atomic E-state index is 0. The van der Waals surface area contributed by atoms with Gasteiger partial charge >= 0.3 is 21.7 Å². The molecule has 0 N–H and O–H groups in total. The Hall–Kier alpha value is 1.07. The molecule has 0 radical (unpaired) electrons. The molecule has 3 aliphatic rings. The summed E-state index contributed by atoms with van der Waals surface area (Å²) < 4.78 is 0. The van der Waals surface area contributed by atoms with Crippen LogP contribution in [0.25, 0.3) is 4.98 Å². The summed E-state index contributed by atoms with van der Waals surface area (Å²) in [6.45, 7) is 9.48. The third-order valence-corrected chi connectivity index (χ3v) is 11.6. The van der Waals surface area contributed by atoms with Gasteiger partial charge in [0, 0.05) is 10.5 Å². The van der Waals surface area contributed by atoms with E-state index in [9.17, 15) is 0 Å². The summed E-state index contributed by atoms with van der Waals surface area (Å²) >= 11 is 4.28. The molecule has 2 heterocycles. The number of thioether (sulfide) groups is 2. The van der Waals surface area contributed by atoms with E-state index in [0.29, 0.717) is 0 Å². The van der Waals surface area contributed by atoms with E-state index in [-0.39, 0.29) is 44.0 Å². The van der Waals surface area contributed by atoms with Crippen molar-refractivity contribution in [3.05, 3.63) is 49.2 Å². The van der Waals surface area contributed by atoms with E-state index in [2.05, 4.69) is 62.6 Å². The van der Waals surface area contributed by atoms with Gasteiger partial charge in [0.25, 0.3) is 0 Å². The molecule has 2 aliphatic heterocycles. The van der Waals surface area contributed by atoms with Crippen molar-refractivity contribution >= 4 is 31.8 Å². The molecule has 1 nitrogen and oxygen atoms in total. The Kier molecular flexibility index (Phi) is 10.3. The van der Waals surface area contributed by atoms with Gasteiger partial charge in [-0.2, -0.15) is 7.05 Å². The summed E-state index contributed by atoms with van der Waals surface area (Å²) in [5.41, 5.74) is 0.829. The zero-order valence-corrected chi connectivity index (χ0v) is 19.5. The zero-order valence-electron chi connectivity index (χ0n) is 15.3. The van der Waals surface area contributed by atoms with E-state index in [1.54, 1.807) is 0 Å². The smallest absolute Gasteiger partial charge is 0.667 e. The average Bonchev–Trinajstić information content (AvgIpc) is 2.88. The molecule has 124 valence electrons. The number of rotatable bonds is 2.